The minimum Gasteiger partial charge on any atom is -0.382 e. The van der Waals surface area contributed by atoms with E-state index in [-0.39, 0.29) is 16.3 Å². The van der Waals surface area contributed by atoms with Crippen LogP contribution in [0.2, 0.25) is 5.02 Å². The Morgan fingerprint density at radius 2 is 1.94 bits per heavy atom. The molecule has 1 unspecified atom stereocenters. The molecule has 1 aromatic carbocycles. The second kappa shape index (κ2) is 4.62. The Morgan fingerprint density at radius 1 is 1.28 bits per heavy atom. The van der Waals surface area contributed by atoms with Gasteiger partial charge in [-0.3, -0.25) is 0 Å². The fourth-order valence-electron chi connectivity index (χ4n) is 1.41. The maximum absolute atomic E-state index is 12.3. The first-order valence-corrected chi connectivity index (χ1v) is 5.23. The topological polar surface area (TPSA) is 46.3 Å². The van der Waals surface area contributed by atoms with Gasteiger partial charge < -0.3 is 9.63 Å². The molecule has 0 aliphatic heterocycles. The number of alkyl halides is 3. The third-order valence-electron chi connectivity index (χ3n) is 2.29. The number of nitrogens with zero attached hydrogens (tertiary/aromatic N) is 1. The highest BCUT2D eigenvalue weighted by atomic mass is 35.5. The fraction of sp³-hybridized carbons (Fsp3) is 0.182. The van der Waals surface area contributed by atoms with Crippen LogP contribution in [0, 0.1) is 0 Å². The SMILES string of the molecule is OC(c1cc(C(F)(F)F)on1)c1ccccc1Cl. The van der Waals surface area contributed by atoms with Gasteiger partial charge in [-0.05, 0) is 6.07 Å². The minimum absolute atomic E-state index is 0.238. The standard InChI is InChI=1S/C11H7ClF3NO2/c12-7-4-2-1-3-6(7)10(17)8-5-9(18-16-8)11(13,14)15/h1-5,10,17H. The molecule has 2 rings (SSSR count). The van der Waals surface area contributed by atoms with E-state index in [0.29, 0.717) is 6.07 Å². The molecule has 3 nitrogen and oxygen atoms in total. The van der Waals surface area contributed by atoms with Crippen LogP contribution in [0.25, 0.3) is 0 Å². The molecule has 0 saturated heterocycles. The zero-order valence-corrected chi connectivity index (χ0v) is 9.53. The molecule has 1 N–H and O–H groups in total. The highest BCUT2D eigenvalue weighted by molar-refractivity contribution is 6.31. The summed E-state index contributed by atoms with van der Waals surface area (Å²) < 4.78 is 41.0. The lowest BCUT2D eigenvalue weighted by atomic mass is 10.1. The molecule has 0 bridgehead atoms. The molecule has 0 saturated carbocycles. The highest BCUT2D eigenvalue weighted by Crippen LogP contribution is 2.33. The average Bonchev–Trinajstić information content (AvgIpc) is 2.77. The monoisotopic (exact) mass is 277 g/mol. The van der Waals surface area contributed by atoms with E-state index in [1.54, 1.807) is 12.1 Å². The predicted octanol–water partition coefficient (Wildman–Crippen LogP) is 3.43. The molecule has 1 heterocycles. The van der Waals surface area contributed by atoms with E-state index in [0.717, 1.165) is 0 Å². The summed E-state index contributed by atoms with van der Waals surface area (Å²) in [6, 6.07) is 6.91. The van der Waals surface area contributed by atoms with Gasteiger partial charge in [-0.1, -0.05) is 35.0 Å². The molecular formula is C11H7ClF3NO2. The lowest BCUT2D eigenvalue weighted by Gasteiger charge is -2.08. The van der Waals surface area contributed by atoms with Gasteiger partial charge in [0.25, 0.3) is 0 Å². The Labute approximate surface area is 105 Å². The van der Waals surface area contributed by atoms with Crippen molar-refractivity contribution in [1.82, 2.24) is 5.16 Å². The summed E-state index contributed by atoms with van der Waals surface area (Å²) in [7, 11) is 0. The van der Waals surface area contributed by atoms with Crippen LogP contribution in [-0.2, 0) is 6.18 Å². The first kappa shape index (κ1) is 12.9. The van der Waals surface area contributed by atoms with E-state index in [9.17, 15) is 18.3 Å². The smallest absolute Gasteiger partial charge is 0.382 e. The molecule has 1 atom stereocenters. The van der Waals surface area contributed by atoms with E-state index in [2.05, 4.69) is 9.68 Å². The average molecular weight is 278 g/mol. The minimum atomic E-state index is -4.63. The summed E-state index contributed by atoms with van der Waals surface area (Å²) in [5.41, 5.74) is 0.0246. The molecule has 0 amide bonds. The van der Waals surface area contributed by atoms with Crippen molar-refractivity contribution in [3.8, 4) is 0 Å². The molecule has 0 aliphatic carbocycles. The predicted molar refractivity (Wildman–Crippen MR) is 57.0 cm³/mol. The lowest BCUT2D eigenvalue weighted by Crippen LogP contribution is -2.03. The summed E-state index contributed by atoms with van der Waals surface area (Å²) in [5, 5.41) is 13.3. The first-order chi connectivity index (χ1) is 8.39. The van der Waals surface area contributed by atoms with Crippen molar-refractivity contribution in [2.75, 3.05) is 0 Å². The highest BCUT2D eigenvalue weighted by Gasteiger charge is 2.37. The summed E-state index contributed by atoms with van der Waals surface area (Å²) in [6.07, 6.45) is -6.00. The number of halogens is 4. The Hall–Kier alpha value is -1.53. The van der Waals surface area contributed by atoms with Gasteiger partial charge in [0.2, 0.25) is 5.76 Å². The number of aliphatic hydroxyl groups excluding tert-OH is 1. The summed E-state index contributed by atoms with van der Waals surface area (Å²) >= 11 is 5.83. The van der Waals surface area contributed by atoms with Gasteiger partial charge in [0, 0.05) is 16.7 Å². The number of benzene rings is 1. The van der Waals surface area contributed by atoms with Gasteiger partial charge in [-0.2, -0.15) is 13.2 Å². The number of aliphatic hydroxyl groups is 1. The van der Waals surface area contributed by atoms with Crippen LogP contribution in [0.1, 0.15) is 23.1 Å². The van der Waals surface area contributed by atoms with E-state index < -0.39 is 18.0 Å². The van der Waals surface area contributed by atoms with Crippen LogP contribution in [-0.4, -0.2) is 10.3 Å². The zero-order valence-electron chi connectivity index (χ0n) is 8.78. The second-order valence-corrected chi connectivity index (χ2v) is 3.95. The van der Waals surface area contributed by atoms with Gasteiger partial charge >= 0.3 is 6.18 Å². The van der Waals surface area contributed by atoms with Crippen LogP contribution >= 0.6 is 11.6 Å². The molecular weight excluding hydrogens is 271 g/mol. The summed E-state index contributed by atoms with van der Waals surface area (Å²) in [6.45, 7) is 0. The van der Waals surface area contributed by atoms with Crippen molar-refractivity contribution < 1.29 is 22.8 Å². The maximum atomic E-state index is 12.3. The van der Waals surface area contributed by atoms with Crippen molar-refractivity contribution in [3.05, 3.63) is 52.4 Å². The number of hydrogen-bond donors (Lipinski definition) is 1. The van der Waals surface area contributed by atoms with Crippen molar-refractivity contribution in [3.63, 3.8) is 0 Å². The van der Waals surface area contributed by atoms with Crippen LogP contribution in [0.3, 0.4) is 0 Å². The molecule has 18 heavy (non-hydrogen) atoms. The molecule has 0 fully saturated rings. The van der Waals surface area contributed by atoms with E-state index in [4.69, 9.17) is 11.6 Å². The normalized spacial score (nSPS) is 13.6. The number of rotatable bonds is 2. The zero-order chi connectivity index (χ0) is 13.3. The molecule has 0 spiro atoms. The first-order valence-electron chi connectivity index (χ1n) is 4.86. The van der Waals surface area contributed by atoms with Crippen molar-refractivity contribution in [2.45, 2.75) is 12.3 Å². The molecule has 7 heteroatoms. The second-order valence-electron chi connectivity index (χ2n) is 3.54. The van der Waals surface area contributed by atoms with E-state index in [1.165, 1.54) is 12.1 Å². The third kappa shape index (κ3) is 2.49. The Balaban J connectivity index is 2.33. The van der Waals surface area contributed by atoms with Crippen molar-refractivity contribution in [2.24, 2.45) is 0 Å². The molecule has 0 aliphatic rings. The van der Waals surface area contributed by atoms with Gasteiger partial charge in [-0.25, -0.2) is 0 Å². The van der Waals surface area contributed by atoms with E-state index >= 15 is 0 Å². The van der Waals surface area contributed by atoms with Gasteiger partial charge in [0.05, 0.1) is 0 Å². The van der Waals surface area contributed by atoms with Crippen LogP contribution < -0.4 is 0 Å². The lowest BCUT2D eigenvalue weighted by molar-refractivity contribution is -0.155. The third-order valence-corrected chi connectivity index (χ3v) is 2.63. The Morgan fingerprint density at radius 3 is 2.50 bits per heavy atom. The fourth-order valence-corrected chi connectivity index (χ4v) is 1.65. The van der Waals surface area contributed by atoms with Crippen LogP contribution in [0.5, 0.6) is 0 Å². The van der Waals surface area contributed by atoms with Crippen LogP contribution in [0.4, 0.5) is 13.2 Å². The Kier molecular flexibility index (Phi) is 3.32. The number of hydrogen-bond acceptors (Lipinski definition) is 3. The van der Waals surface area contributed by atoms with Gasteiger partial charge in [-0.15, -0.1) is 0 Å². The maximum Gasteiger partial charge on any atom is 0.452 e. The van der Waals surface area contributed by atoms with Crippen molar-refractivity contribution >= 4 is 11.6 Å². The largest absolute Gasteiger partial charge is 0.452 e. The number of aromatic nitrogens is 1. The van der Waals surface area contributed by atoms with Gasteiger partial charge in [0.1, 0.15) is 11.8 Å². The quantitative estimate of drug-likeness (QED) is 0.915. The molecule has 2 aromatic rings. The summed E-state index contributed by atoms with van der Waals surface area (Å²) in [5.74, 6) is -1.26. The molecule has 1 aromatic heterocycles. The summed E-state index contributed by atoms with van der Waals surface area (Å²) in [4.78, 5) is 0. The van der Waals surface area contributed by atoms with Gasteiger partial charge in [0.15, 0.2) is 0 Å². The molecule has 0 radical (unpaired) electrons. The Bertz CT molecular complexity index is 553. The van der Waals surface area contributed by atoms with Crippen molar-refractivity contribution in [1.29, 1.82) is 0 Å². The molecule has 96 valence electrons. The van der Waals surface area contributed by atoms with Crippen LogP contribution in [0.15, 0.2) is 34.9 Å². The van der Waals surface area contributed by atoms with E-state index in [1.807, 2.05) is 0 Å².